The number of nitrogens with zero attached hydrogens (tertiary/aromatic N) is 1. The molecule has 0 unspecified atom stereocenters. The molecule has 0 bridgehead atoms. The van der Waals surface area contributed by atoms with Gasteiger partial charge in [0.2, 0.25) is 0 Å². The molecule has 3 atom stereocenters. The summed E-state index contributed by atoms with van der Waals surface area (Å²) in [7, 11) is 0. The lowest BCUT2D eigenvalue weighted by molar-refractivity contribution is -0.125. The van der Waals surface area contributed by atoms with Crippen LogP contribution in [-0.2, 0) is 16.0 Å². The normalized spacial score (nSPS) is 22.1. The van der Waals surface area contributed by atoms with Crippen molar-refractivity contribution in [2.24, 2.45) is 11.8 Å². The number of carbonyl (C=O) groups is 2. The van der Waals surface area contributed by atoms with E-state index in [9.17, 15) is 9.59 Å². The first-order valence-corrected chi connectivity index (χ1v) is 10.3. The number of aryl methyl sites for hydroxylation is 2. The van der Waals surface area contributed by atoms with Crippen molar-refractivity contribution >= 4 is 22.8 Å². The van der Waals surface area contributed by atoms with Gasteiger partial charge in [-0.3, -0.25) is 9.78 Å². The first kappa shape index (κ1) is 20.3. The zero-order chi connectivity index (χ0) is 20.3. The lowest BCUT2D eigenvalue weighted by Gasteiger charge is -2.34. The fourth-order valence-electron chi connectivity index (χ4n) is 4.20. The predicted octanol–water partition coefficient (Wildman–Crippen LogP) is 4.20. The number of aromatic nitrogens is 1. The molecule has 1 saturated carbocycles. The van der Waals surface area contributed by atoms with Gasteiger partial charge in [0.1, 0.15) is 0 Å². The van der Waals surface area contributed by atoms with E-state index < -0.39 is 5.97 Å². The Morgan fingerprint density at radius 2 is 1.96 bits per heavy atom. The van der Waals surface area contributed by atoms with Crippen molar-refractivity contribution in [3.8, 4) is 0 Å². The lowest BCUT2D eigenvalue weighted by Crippen LogP contribution is -2.45. The molecule has 1 aliphatic carbocycles. The van der Waals surface area contributed by atoms with Gasteiger partial charge in [0.15, 0.2) is 6.61 Å². The number of ether oxygens (including phenoxy) is 1. The number of carbonyl (C=O) groups excluding carboxylic acids is 2. The van der Waals surface area contributed by atoms with Crippen LogP contribution in [0.5, 0.6) is 0 Å². The minimum atomic E-state index is -0.479. The number of amides is 1. The maximum atomic E-state index is 12.8. The van der Waals surface area contributed by atoms with Gasteiger partial charge in [-0.25, -0.2) is 4.79 Å². The summed E-state index contributed by atoms with van der Waals surface area (Å²) < 4.78 is 5.37. The van der Waals surface area contributed by atoms with E-state index in [1.165, 1.54) is 6.42 Å². The molecule has 1 aliphatic rings. The van der Waals surface area contributed by atoms with Crippen molar-refractivity contribution in [2.75, 3.05) is 6.61 Å². The molecule has 1 amide bonds. The smallest absolute Gasteiger partial charge is 0.340 e. The SMILES string of the molecule is CCc1nc2ccccc2c(C)c1C(=O)OCC(=O)N[C@@H]1CCC[C@@H](C)[C@@H]1C. The first-order valence-electron chi connectivity index (χ1n) is 10.3. The Kier molecular flexibility index (Phi) is 6.32. The summed E-state index contributed by atoms with van der Waals surface area (Å²) in [6.07, 6.45) is 3.94. The second kappa shape index (κ2) is 8.72. The molecule has 28 heavy (non-hydrogen) atoms. The van der Waals surface area contributed by atoms with Crippen LogP contribution >= 0.6 is 0 Å². The predicted molar refractivity (Wildman–Crippen MR) is 110 cm³/mol. The number of esters is 1. The Hall–Kier alpha value is -2.43. The maximum Gasteiger partial charge on any atom is 0.340 e. The van der Waals surface area contributed by atoms with Crippen LogP contribution in [0, 0.1) is 18.8 Å². The molecule has 1 N–H and O–H groups in total. The molecule has 150 valence electrons. The fourth-order valence-corrected chi connectivity index (χ4v) is 4.20. The Morgan fingerprint density at radius 3 is 2.71 bits per heavy atom. The molecule has 3 rings (SSSR count). The van der Waals surface area contributed by atoms with Crippen LogP contribution in [0.4, 0.5) is 0 Å². The maximum absolute atomic E-state index is 12.8. The van der Waals surface area contributed by atoms with Gasteiger partial charge in [-0.05, 0) is 43.2 Å². The van der Waals surface area contributed by atoms with Crippen LogP contribution in [0.1, 0.15) is 61.6 Å². The van der Waals surface area contributed by atoms with Gasteiger partial charge in [-0.1, -0.05) is 51.8 Å². The molecule has 1 fully saturated rings. The first-order chi connectivity index (χ1) is 13.4. The number of pyridine rings is 1. The average Bonchev–Trinajstić information content (AvgIpc) is 2.69. The highest BCUT2D eigenvalue weighted by atomic mass is 16.5. The second-order valence-electron chi connectivity index (χ2n) is 7.95. The molecule has 1 aromatic carbocycles. The van der Waals surface area contributed by atoms with E-state index in [-0.39, 0.29) is 18.6 Å². The second-order valence-corrected chi connectivity index (χ2v) is 7.95. The lowest BCUT2D eigenvalue weighted by atomic mass is 9.78. The number of hydrogen-bond donors (Lipinski definition) is 1. The summed E-state index contributed by atoms with van der Waals surface area (Å²) >= 11 is 0. The summed E-state index contributed by atoms with van der Waals surface area (Å²) in [6.45, 7) is 8.02. The number of nitrogens with one attached hydrogen (secondary N) is 1. The van der Waals surface area contributed by atoms with Crippen LogP contribution < -0.4 is 5.32 Å². The van der Waals surface area contributed by atoms with Crippen molar-refractivity contribution in [3.63, 3.8) is 0 Å². The minimum Gasteiger partial charge on any atom is -0.452 e. The highest BCUT2D eigenvalue weighted by Crippen LogP contribution is 2.29. The van der Waals surface area contributed by atoms with Gasteiger partial charge >= 0.3 is 5.97 Å². The molecular weight excluding hydrogens is 352 g/mol. The number of para-hydroxylation sites is 1. The van der Waals surface area contributed by atoms with Gasteiger partial charge in [0, 0.05) is 11.4 Å². The number of benzene rings is 1. The Labute approximate surface area is 166 Å². The van der Waals surface area contributed by atoms with Gasteiger partial charge in [-0.2, -0.15) is 0 Å². The van der Waals surface area contributed by atoms with Gasteiger partial charge in [-0.15, -0.1) is 0 Å². The van der Waals surface area contributed by atoms with Crippen molar-refractivity contribution < 1.29 is 14.3 Å². The van der Waals surface area contributed by atoms with E-state index in [1.807, 2.05) is 38.1 Å². The standard InChI is InChI=1S/C23H30N2O3/c1-5-18-22(16(4)17-10-6-7-11-20(17)24-18)23(27)28-13-21(26)25-19-12-8-9-14(2)15(19)3/h6-7,10-11,14-15,19H,5,8-9,12-13H2,1-4H3,(H,25,26)/t14-,15+,19-/m1/s1. The highest BCUT2D eigenvalue weighted by molar-refractivity contribution is 5.99. The van der Waals surface area contributed by atoms with Gasteiger partial charge in [0.25, 0.3) is 5.91 Å². The molecule has 2 aromatic rings. The largest absolute Gasteiger partial charge is 0.452 e. The number of rotatable bonds is 5. The summed E-state index contributed by atoms with van der Waals surface area (Å²) in [5.74, 6) is 0.323. The third kappa shape index (κ3) is 4.18. The molecule has 0 radical (unpaired) electrons. The fraction of sp³-hybridized carbons (Fsp3) is 0.522. The van der Waals surface area contributed by atoms with Crippen LogP contribution in [0.25, 0.3) is 10.9 Å². The number of hydrogen-bond acceptors (Lipinski definition) is 4. The molecule has 0 spiro atoms. The summed E-state index contributed by atoms with van der Waals surface area (Å²) in [5, 5.41) is 3.98. The van der Waals surface area contributed by atoms with Crippen molar-refractivity contribution in [1.82, 2.24) is 10.3 Å². The van der Waals surface area contributed by atoms with Crippen molar-refractivity contribution in [2.45, 2.75) is 59.4 Å². The van der Waals surface area contributed by atoms with E-state index in [1.54, 1.807) is 0 Å². The van der Waals surface area contributed by atoms with E-state index in [2.05, 4.69) is 24.1 Å². The molecule has 1 aromatic heterocycles. The van der Waals surface area contributed by atoms with E-state index in [0.29, 0.717) is 29.5 Å². The minimum absolute atomic E-state index is 0.158. The van der Waals surface area contributed by atoms with Crippen LogP contribution in [0.15, 0.2) is 24.3 Å². The Morgan fingerprint density at radius 1 is 1.21 bits per heavy atom. The molecular formula is C23H30N2O3. The Balaban J connectivity index is 1.69. The van der Waals surface area contributed by atoms with Gasteiger partial charge < -0.3 is 10.1 Å². The summed E-state index contributed by atoms with van der Waals surface area (Å²) in [6, 6.07) is 7.91. The Bertz CT molecular complexity index is 878. The number of fused-ring (bicyclic) bond motifs is 1. The average molecular weight is 383 g/mol. The van der Waals surface area contributed by atoms with Crippen LogP contribution in [0.2, 0.25) is 0 Å². The van der Waals surface area contributed by atoms with Crippen molar-refractivity contribution in [3.05, 3.63) is 41.1 Å². The zero-order valence-corrected chi connectivity index (χ0v) is 17.2. The quantitative estimate of drug-likeness (QED) is 0.787. The molecule has 5 heteroatoms. The third-order valence-electron chi connectivity index (χ3n) is 6.15. The van der Waals surface area contributed by atoms with E-state index >= 15 is 0 Å². The molecule has 1 heterocycles. The third-order valence-corrected chi connectivity index (χ3v) is 6.15. The monoisotopic (exact) mass is 382 g/mol. The highest BCUT2D eigenvalue weighted by Gasteiger charge is 2.28. The summed E-state index contributed by atoms with van der Waals surface area (Å²) in [5.41, 5.74) is 2.90. The van der Waals surface area contributed by atoms with Crippen LogP contribution in [0.3, 0.4) is 0 Å². The topological polar surface area (TPSA) is 68.3 Å². The van der Waals surface area contributed by atoms with E-state index in [4.69, 9.17) is 4.74 Å². The van der Waals surface area contributed by atoms with Crippen LogP contribution in [-0.4, -0.2) is 29.5 Å². The summed E-state index contributed by atoms with van der Waals surface area (Å²) in [4.78, 5) is 29.7. The molecule has 5 nitrogen and oxygen atoms in total. The van der Waals surface area contributed by atoms with E-state index in [0.717, 1.165) is 29.3 Å². The van der Waals surface area contributed by atoms with Gasteiger partial charge in [0.05, 0.1) is 16.8 Å². The zero-order valence-electron chi connectivity index (χ0n) is 17.2. The molecule has 0 aliphatic heterocycles. The molecule has 0 saturated heterocycles. The van der Waals surface area contributed by atoms with Crippen molar-refractivity contribution in [1.29, 1.82) is 0 Å².